The van der Waals surface area contributed by atoms with E-state index in [9.17, 15) is 0 Å². The molecule has 1 aromatic rings. The first-order valence-electron chi connectivity index (χ1n) is 7.33. The molecule has 110 valence electrons. The summed E-state index contributed by atoms with van der Waals surface area (Å²) in [6.07, 6.45) is 3.29. The highest BCUT2D eigenvalue weighted by atomic mass is 16.8. The lowest BCUT2D eigenvalue weighted by atomic mass is 10.1. The van der Waals surface area contributed by atoms with Gasteiger partial charge in [-0.05, 0) is 18.4 Å². The molecular weight excluding hydrogens is 252 g/mol. The monoisotopic (exact) mass is 276 g/mol. The van der Waals surface area contributed by atoms with Crippen molar-refractivity contribution in [2.75, 3.05) is 6.61 Å². The van der Waals surface area contributed by atoms with Gasteiger partial charge in [-0.25, -0.2) is 0 Å². The molecule has 3 nitrogen and oxygen atoms in total. The van der Waals surface area contributed by atoms with Gasteiger partial charge in [0.25, 0.3) is 0 Å². The minimum atomic E-state index is -0.442. The molecule has 0 radical (unpaired) electrons. The van der Waals surface area contributed by atoms with E-state index in [-0.39, 0.29) is 12.2 Å². The van der Waals surface area contributed by atoms with E-state index < -0.39 is 5.79 Å². The smallest absolute Gasteiger partial charge is 0.168 e. The van der Waals surface area contributed by atoms with Crippen LogP contribution < -0.4 is 0 Å². The van der Waals surface area contributed by atoms with E-state index in [4.69, 9.17) is 14.2 Å². The van der Waals surface area contributed by atoms with Crippen LogP contribution in [0, 0.1) is 0 Å². The van der Waals surface area contributed by atoms with Crippen LogP contribution in [0.15, 0.2) is 43.0 Å². The molecule has 0 aliphatic carbocycles. The maximum atomic E-state index is 6.07. The quantitative estimate of drug-likeness (QED) is 0.711. The third-order valence-corrected chi connectivity index (χ3v) is 3.84. The zero-order chi connectivity index (χ0) is 14.4. The van der Waals surface area contributed by atoms with E-state index in [0.717, 1.165) is 18.4 Å². The minimum absolute atomic E-state index is 0.0730. The molecule has 0 aromatic heterocycles. The summed E-state index contributed by atoms with van der Waals surface area (Å²) >= 11 is 0. The van der Waals surface area contributed by atoms with E-state index in [0.29, 0.717) is 13.2 Å². The highest BCUT2D eigenvalue weighted by Gasteiger charge is 2.41. The predicted octanol–water partition coefficient (Wildman–Crippen LogP) is 3.69. The average Bonchev–Trinajstić information content (AvgIpc) is 2.94. The molecular formula is C17H24O3. The van der Waals surface area contributed by atoms with E-state index in [1.165, 1.54) is 0 Å². The summed E-state index contributed by atoms with van der Waals surface area (Å²) in [6, 6.07) is 10.1. The van der Waals surface area contributed by atoms with Crippen molar-refractivity contribution in [1.82, 2.24) is 0 Å². The van der Waals surface area contributed by atoms with Crippen LogP contribution in [-0.4, -0.2) is 24.6 Å². The number of ether oxygens (including phenoxy) is 3. The van der Waals surface area contributed by atoms with Gasteiger partial charge in [0.1, 0.15) is 12.2 Å². The molecule has 3 heteroatoms. The zero-order valence-electron chi connectivity index (χ0n) is 12.4. The Morgan fingerprint density at radius 3 is 2.60 bits per heavy atom. The number of hydrogen-bond acceptors (Lipinski definition) is 3. The normalized spacial score (nSPS) is 22.6. The molecule has 1 aromatic carbocycles. The Balaban J connectivity index is 1.91. The second kappa shape index (κ2) is 7.02. The maximum absolute atomic E-state index is 6.07. The van der Waals surface area contributed by atoms with Crippen molar-refractivity contribution in [3.63, 3.8) is 0 Å². The van der Waals surface area contributed by atoms with Gasteiger partial charge in [-0.1, -0.05) is 50.3 Å². The largest absolute Gasteiger partial charge is 0.367 e. The highest BCUT2D eigenvalue weighted by Crippen LogP contribution is 2.32. The second-order valence-corrected chi connectivity index (χ2v) is 5.08. The van der Waals surface area contributed by atoms with Crippen LogP contribution in [-0.2, 0) is 20.8 Å². The first-order valence-corrected chi connectivity index (χ1v) is 7.33. The van der Waals surface area contributed by atoms with Crippen molar-refractivity contribution in [3.05, 3.63) is 48.6 Å². The average molecular weight is 276 g/mol. The fourth-order valence-corrected chi connectivity index (χ4v) is 2.45. The van der Waals surface area contributed by atoms with Gasteiger partial charge >= 0.3 is 0 Å². The van der Waals surface area contributed by atoms with Crippen molar-refractivity contribution in [2.24, 2.45) is 0 Å². The predicted molar refractivity (Wildman–Crippen MR) is 79.4 cm³/mol. The molecule has 20 heavy (non-hydrogen) atoms. The SMILES string of the molecule is C=C[C@@H](OCc1ccccc1)[C@H]1COC(CC)(CC)O1. The molecule has 0 amide bonds. The van der Waals surface area contributed by atoms with Crippen LogP contribution in [0.1, 0.15) is 32.3 Å². The summed E-state index contributed by atoms with van der Waals surface area (Å²) in [5, 5.41) is 0. The first kappa shape index (κ1) is 15.2. The highest BCUT2D eigenvalue weighted by molar-refractivity contribution is 5.13. The van der Waals surface area contributed by atoms with Crippen LogP contribution in [0.5, 0.6) is 0 Å². The lowest BCUT2D eigenvalue weighted by Gasteiger charge is -2.26. The van der Waals surface area contributed by atoms with Crippen molar-refractivity contribution in [3.8, 4) is 0 Å². The molecule has 0 unspecified atom stereocenters. The second-order valence-electron chi connectivity index (χ2n) is 5.08. The number of rotatable bonds is 7. The van der Waals surface area contributed by atoms with E-state index in [2.05, 4.69) is 32.6 Å². The summed E-state index contributed by atoms with van der Waals surface area (Å²) < 4.78 is 17.8. The van der Waals surface area contributed by atoms with Gasteiger partial charge < -0.3 is 14.2 Å². The fraction of sp³-hybridized carbons (Fsp3) is 0.529. The molecule has 0 saturated carbocycles. The summed E-state index contributed by atoms with van der Waals surface area (Å²) in [5.41, 5.74) is 1.15. The van der Waals surface area contributed by atoms with Crippen LogP contribution in [0.4, 0.5) is 0 Å². The first-order chi connectivity index (χ1) is 9.73. The Hall–Kier alpha value is -1.16. The van der Waals surface area contributed by atoms with Crippen molar-refractivity contribution in [2.45, 2.75) is 51.3 Å². The van der Waals surface area contributed by atoms with Gasteiger partial charge in [-0.3, -0.25) is 0 Å². The van der Waals surface area contributed by atoms with Crippen molar-refractivity contribution >= 4 is 0 Å². The lowest BCUT2D eigenvalue weighted by molar-refractivity contribution is -0.182. The molecule has 1 aliphatic rings. The molecule has 1 fully saturated rings. The Kier molecular flexibility index (Phi) is 5.35. The summed E-state index contributed by atoms with van der Waals surface area (Å²) in [7, 11) is 0. The standard InChI is InChI=1S/C17H24O3/c1-4-15(18-12-14-10-8-7-9-11-14)16-13-19-17(5-2,6-3)20-16/h4,7-11,15-16H,1,5-6,12-13H2,2-3H3/t15-,16-/m1/s1. The van der Waals surface area contributed by atoms with Gasteiger partial charge in [0.2, 0.25) is 0 Å². The molecule has 0 spiro atoms. The molecule has 1 saturated heterocycles. The van der Waals surface area contributed by atoms with Crippen LogP contribution in [0.3, 0.4) is 0 Å². The Bertz CT molecular complexity index is 412. The molecule has 1 aliphatic heterocycles. The Morgan fingerprint density at radius 1 is 1.35 bits per heavy atom. The Labute approximate surface area is 121 Å². The van der Waals surface area contributed by atoms with Gasteiger partial charge in [0.15, 0.2) is 5.79 Å². The summed E-state index contributed by atoms with van der Waals surface area (Å²) in [4.78, 5) is 0. The van der Waals surface area contributed by atoms with E-state index in [1.807, 2.05) is 18.2 Å². The van der Waals surface area contributed by atoms with E-state index >= 15 is 0 Å². The third kappa shape index (κ3) is 3.48. The zero-order valence-corrected chi connectivity index (χ0v) is 12.4. The van der Waals surface area contributed by atoms with Crippen LogP contribution in [0.2, 0.25) is 0 Å². The topological polar surface area (TPSA) is 27.7 Å². The van der Waals surface area contributed by atoms with Gasteiger partial charge in [-0.2, -0.15) is 0 Å². The van der Waals surface area contributed by atoms with Gasteiger partial charge in [-0.15, -0.1) is 6.58 Å². The summed E-state index contributed by atoms with van der Waals surface area (Å²) in [6.45, 7) is 9.14. The lowest BCUT2D eigenvalue weighted by Crippen LogP contribution is -2.33. The summed E-state index contributed by atoms with van der Waals surface area (Å²) in [5.74, 6) is -0.442. The fourth-order valence-electron chi connectivity index (χ4n) is 2.45. The maximum Gasteiger partial charge on any atom is 0.168 e. The number of benzene rings is 1. The molecule has 1 heterocycles. The third-order valence-electron chi connectivity index (χ3n) is 3.84. The molecule has 2 rings (SSSR count). The molecule has 2 atom stereocenters. The molecule has 0 bridgehead atoms. The van der Waals surface area contributed by atoms with Crippen LogP contribution in [0.25, 0.3) is 0 Å². The molecule has 0 N–H and O–H groups in total. The van der Waals surface area contributed by atoms with E-state index in [1.54, 1.807) is 6.08 Å². The Morgan fingerprint density at radius 2 is 2.05 bits per heavy atom. The minimum Gasteiger partial charge on any atom is -0.367 e. The number of hydrogen-bond donors (Lipinski definition) is 0. The van der Waals surface area contributed by atoms with Gasteiger partial charge in [0, 0.05) is 0 Å². The van der Waals surface area contributed by atoms with Crippen LogP contribution >= 0.6 is 0 Å². The van der Waals surface area contributed by atoms with Gasteiger partial charge in [0.05, 0.1) is 13.2 Å². The van der Waals surface area contributed by atoms with Crippen molar-refractivity contribution in [1.29, 1.82) is 0 Å². The van der Waals surface area contributed by atoms with Crippen molar-refractivity contribution < 1.29 is 14.2 Å².